The Labute approximate surface area is 180 Å². The molecule has 1 aromatic heterocycles. The van der Waals surface area contributed by atoms with Crippen LogP contribution < -0.4 is 4.74 Å². The second-order valence-corrected chi connectivity index (χ2v) is 7.41. The minimum atomic E-state index is 0.672. The fourth-order valence-electron chi connectivity index (χ4n) is 3.60. The second kappa shape index (κ2) is 8.02. The highest BCUT2D eigenvalue weighted by Gasteiger charge is 2.20. The van der Waals surface area contributed by atoms with Gasteiger partial charge in [-0.25, -0.2) is 4.98 Å². The average Bonchev–Trinajstić information content (AvgIpc) is 2.81. The molecular formula is C27H18ClNO. The first-order valence-electron chi connectivity index (χ1n) is 9.76. The van der Waals surface area contributed by atoms with Crippen molar-refractivity contribution in [3.63, 3.8) is 0 Å². The van der Waals surface area contributed by atoms with Crippen molar-refractivity contribution in [2.24, 2.45) is 0 Å². The van der Waals surface area contributed by atoms with Crippen LogP contribution in [-0.2, 0) is 0 Å². The summed E-state index contributed by atoms with van der Waals surface area (Å²) >= 11 is 6.08. The van der Waals surface area contributed by atoms with Crippen LogP contribution in [0.2, 0.25) is 5.02 Å². The van der Waals surface area contributed by atoms with E-state index in [1.807, 2.05) is 78.9 Å². The molecule has 0 saturated carbocycles. The van der Waals surface area contributed by atoms with E-state index >= 15 is 0 Å². The molecule has 1 heterocycles. The average molecular weight is 408 g/mol. The molecule has 0 fully saturated rings. The molecule has 0 saturated heterocycles. The number of hydrogen-bond acceptors (Lipinski definition) is 2. The van der Waals surface area contributed by atoms with E-state index in [1.54, 1.807) is 0 Å². The van der Waals surface area contributed by atoms with Crippen LogP contribution in [0.5, 0.6) is 11.5 Å². The Morgan fingerprint density at radius 3 is 1.90 bits per heavy atom. The maximum atomic E-state index is 6.49. The van der Waals surface area contributed by atoms with Gasteiger partial charge in [-0.3, -0.25) is 0 Å². The molecule has 0 aliphatic rings. The van der Waals surface area contributed by atoms with Crippen LogP contribution in [0.25, 0.3) is 33.3 Å². The van der Waals surface area contributed by atoms with E-state index in [0.717, 1.165) is 39.0 Å². The summed E-state index contributed by atoms with van der Waals surface area (Å²) in [5.41, 5.74) is 4.85. The number of fused-ring (bicyclic) bond motifs is 1. The molecule has 0 N–H and O–H groups in total. The van der Waals surface area contributed by atoms with Crippen LogP contribution in [0, 0.1) is 0 Å². The Kier molecular flexibility index (Phi) is 4.92. The van der Waals surface area contributed by atoms with E-state index in [2.05, 4.69) is 30.3 Å². The highest BCUT2D eigenvalue weighted by Crippen LogP contribution is 2.44. The van der Waals surface area contributed by atoms with Crippen LogP contribution >= 0.6 is 11.6 Å². The van der Waals surface area contributed by atoms with Crippen molar-refractivity contribution >= 4 is 22.5 Å². The zero-order valence-electron chi connectivity index (χ0n) is 16.1. The second-order valence-electron chi connectivity index (χ2n) is 6.97. The lowest BCUT2D eigenvalue weighted by Gasteiger charge is -2.18. The predicted octanol–water partition coefficient (Wildman–Crippen LogP) is 8.01. The van der Waals surface area contributed by atoms with Crippen molar-refractivity contribution in [1.29, 1.82) is 0 Å². The van der Waals surface area contributed by atoms with Gasteiger partial charge in [-0.05, 0) is 35.9 Å². The Hall–Kier alpha value is -3.62. The predicted molar refractivity (Wildman–Crippen MR) is 124 cm³/mol. The minimum Gasteiger partial charge on any atom is -0.454 e. The summed E-state index contributed by atoms with van der Waals surface area (Å²) in [5.74, 6) is 1.44. The topological polar surface area (TPSA) is 22.1 Å². The van der Waals surface area contributed by atoms with Crippen LogP contribution in [0.3, 0.4) is 0 Å². The highest BCUT2D eigenvalue weighted by atomic mass is 35.5. The quantitative estimate of drug-likeness (QED) is 0.301. The van der Waals surface area contributed by atoms with Gasteiger partial charge < -0.3 is 4.74 Å². The number of pyridine rings is 1. The van der Waals surface area contributed by atoms with Crippen molar-refractivity contribution in [1.82, 2.24) is 4.98 Å². The summed E-state index contributed by atoms with van der Waals surface area (Å²) in [6.45, 7) is 0. The van der Waals surface area contributed by atoms with Gasteiger partial charge in [0.15, 0.2) is 5.75 Å². The molecule has 5 aromatic rings. The number of aromatic nitrogens is 1. The van der Waals surface area contributed by atoms with Gasteiger partial charge >= 0.3 is 0 Å². The Bertz CT molecular complexity index is 1300. The number of nitrogens with zero attached hydrogens (tertiary/aromatic N) is 1. The molecule has 0 spiro atoms. The van der Waals surface area contributed by atoms with E-state index in [-0.39, 0.29) is 0 Å². The third-order valence-electron chi connectivity index (χ3n) is 4.99. The molecule has 0 bridgehead atoms. The Morgan fingerprint density at radius 1 is 0.600 bits per heavy atom. The lowest BCUT2D eigenvalue weighted by molar-refractivity contribution is 0.485. The van der Waals surface area contributed by atoms with E-state index in [1.165, 1.54) is 0 Å². The fourth-order valence-corrected chi connectivity index (χ4v) is 3.72. The number of ether oxygens (including phenoxy) is 1. The van der Waals surface area contributed by atoms with Gasteiger partial charge in [0.1, 0.15) is 11.4 Å². The monoisotopic (exact) mass is 407 g/mol. The van der Waals surface area contributed by atoms with E-state index in [0.29, 0.717) is 10.8 Å². The van der Waals surface area contributed by atoms with Crippen LogP contribution in [0.15, 0.2) is 109 Å². The zero-order valence-corrected chi connectivity index (χ0v) is 16.9. The van der Waals surface area contributed by atoms with E-state index in [4.69, 9.17) is 21.3 Å². The summed E-state index contributed by atoms with van der Waals surface area (Å²) in [5, 5.41) is 1.72. The maximum absolute atomic E-state index is 6.49. The molecule has 0 atom stereocenters. The first kappa shape index (κ1) is 18.4. The molecular weight excluding hydrogens is 390 g/mol. The Balaban J connectivity index is 1.84. The number of benzene rings is 4. The zero-order chi connectivity index (χ0) is 20.3. The van der Waals surface area contributed by atoms with Gasteiger partial charge in [0.05, 0.1) is 5.52 Å². The lowest BCUT2D eigenvalue weighted by Crippen LogP contribution is -1.97. The molecule has 30 heavy (non-hydrogen) atoms. The molecule has 0 unspecified atom stereocenters. The third kappa shape index (κ3) is 3.54. The summed E-state index contributed by atoms with van der Waals surface area (Å²) in [6.07, 6.45) is 0. The SMILES string of the molecule is Clc1ccc(Oc2c(-c3ccccc3)nc3ccccc3c2-c2ccccc2)cc1. The number of para-hydroxylation sites is 1. The van der Waals surface area contributed by atoms with Crippen molar-refractivity contribution in [3.8, 4) is 33.9 Å². The van der Waals surface area contributed by atoms with Gasteiger partial charge in [-0.1, -0.05) is 90.5 Å². The van der Waals surface area contributed by atoms with E-state index < -0.39 is 0 Å². The number of hydrogen-bond donors (Lipinski definition) is 0. The van der Waals surface area contributed by atoms with Crippen molar-refractivity contribution in [3.05, 3.63) is 114 Å². The molecule has 4 aromatic carbocycles. The van der Waals surface area contributed by atoms with Crippen LogP contribution in [-0.4, -0.2) is 4.98 Å². The van der Waals surface area contributed by atoms with Gasteiger partial charge in [0.2, 0.25) is 0 Å². The number of rotatable bonds is 4. The molecule has 0 radical (unpaired) electrons. The van der Waals surface area contributed by atoms with Gasteiger partial charge in [-0.2, -0.15) is 0 Å². The van der Waals surface area contributed by atoms with Crippen molar-refractivity contribution in [2.45, 2.75) is 0 Å². The number of halogens is 1. The summed E-state index contributed by atoms with van der Waals surface area (Å²) < 4.78 is 6.49. The first-order valence-corrected chi connectivity index (χ1v) is 10.1. The summed E-state index contributed by atoms with van der Waals surface area (Å²) in [4.78, 5) is 4.99. The summed E-state index contributed by atoms with van der Waals surface area (Å²) in [6, 6.07) is 36.0. The standard InChI is InChI=1S/C27H18ClNO/c28-21-15-17-22(18-16-21)30-27-25(19-9-3-1-4-10-19)23-13-7-8-14-24(23)29-26(27)20-11-5-2-6-12-20/h1-18H. The molecule has 3 heteroatoms. The molecule has 0 aliphatic carbocycles. The third-order valence-corrected chi connectivity index (χ3v) is 5.24. The van der Waals surface area contributed by atoms with Crippen molar-refractivity contribution in [2.75, 3.05) is 0 Å². The minimum absolute atomic E-state index is 0.672. The molecule has 2 nitrogen and oxygen atoms in total. The van der Waals surface area contributed by atoms with Gasteiger partial charge in [-0.15, -0.1) is 0 Å². The molecule has 0 aliphatic heterocycles. The molecule has 0 amide bonds. The van der Waals surface area contributed by atoms with Crippen LogP contribution in [0.1, 0.15) is 0 Å². The fraction of sp³-hybridized carbons (Fsp3) is 0. The van der Waals surface area contributed by atoms with Gasteiger partial charge in [0, 0.05) is 21.5 Å². The lowest BCUT2D eigenvalue weighted by atomic mass is 9.96. The van der Waals surface area contributed by atoms with E-state index in [9.17, 15) is 0 Å². The first-order chi connectivity index (χ1) is 14.8. The molecule has 5 rings (SSSR count). The maximum Gasteiger partial charge on any atom is 0.162 e. The van der Waals surface area contributed by atoms with Crippen molar-refractivity contribution < 1.29 is 4.74 Å². The normalized spacial score (nSPS) is 10.8. The summed E-state index contributed by atoms with van der Waals surface area (Å²) in [7, 11) is 0. The Morgan fingerprint density at radius 2 is 1.20 bits per heavy atom. The van der Waals surface area contributed by atoms with Gasteiger partial charge in [0.25, 0.3) is 0 Å². The highest BCUT2D eigenvalue weighted by molar-refractivity contribution is 6.30. The van der Waals surface area contributed by atoms with Crippen LogP contribution in [0.4, 0.5) is 0 Å². The molecule has 144 valence electrons. The smallest absolute Gasteiger partial charge is 0.162 e. The largest absolute Gasteiger partial charge is 0.454 e.